The Bertz CT molecular complexity index is 1590. The molecule has 0 spiro atoms. The molecule has 200 valence electrons. The van der Waals surface area contributed by atoms with E-state index in [1.807, 2.05) is 6.20 Å². The van der Waals surface area contributed by atoms with E-state index in [2.05, 4.69) is 85.3 Å². The standard InChI is InChI=1S/C31H35N7O/c1-36-11-13-38(14-12-36)30-6-4-5-27-25(30)19-29(33-27)31-26-18-22(7-8-28(26)34-35-31)23-17-24(21-32-20-23)39-16-15-37-9-2-3-10-37/h4-8,17-21,33H,2-3,9-16H2,1H3,(H,34,35). The van der Waals surface area contributed by atoms with Gasteiger partial charge >= 0.3 is 0 Å². The first-order chi connectivity index (χ1) is 19.2. The molecule has 2 aliphatic rings. The molecule has 0 bridgehead atoms. The van der Waals surface area contributed by atoms with E-state index in [4.69, 9.17) is 9.84 Å². The maximum Gasteiger partial charge on any atom is 0.138 e. The van der Waals surface area contributed by atoms with Gasteiger partial charge in [0, 0.05) is 66.5 Å². The third-order valence-electron chi connectivity index (χ3n) is 8.22. The van der Waals surface area contributed by atoms with Crippen molar-refractivity contribution in [2.45, 2.75) is 12.8 Å². The Morgan fingerprint density at radius 3 is 2.59 bits per heavy atom. The molecular formula is C31H35N7O. The summed E-state index contributed by atoms with van der Waals surface area (Å²) in [5, 5.41) is 10.3. The van der Waals surface area contributed by atoms with Crippen LogP contribution in [0, 0.1) is 0 Å². The predicted octanol–water partition coefficient (Wildman–Crippen LogP) is 5.00. The van der Waals surface area contributed by atoms with Gasteiger partial charge in [0.1, 0.15) is 18.1 Å². The van der Waals surface area contributed by atoms with Gasteiger partial charge in [0.25, 0.3) is 0 Å². The highest BCUT2D eigenvalue weighted by molar-refractivity contribution is 6.01. The largest absolute Gasteiger partial charge is 0.491 e. The molecule has 0 aliphatic carbocycles. The number of nitrogens with one attached hydrogen (secondary N) is 2. The van der Waals surface area contributed by atoms with Gasteiger partial charge in [0.2, 0.25) is 0 Å². The van der Waals surface area contributed by atoms with Crippen LogP contribution in [0.25, 0.3) is 44.3 Å². The number of hydrogen-bond acceptors (Lipinski definition) is 6. The molecule has 0 radical (unpaired) electrons. The van der Waals surface area contributed by atoms with Gasteiger partial charge in [-0.05, 0) is 74.9 Å². The van der Waals surface area contributed by atoms with E-state index in [0.717, 1.165) is 77.4 Å². The van der Waals surface area contributed by atoms with Gasteiger partial charge in [-0.3, -0.25) is 15.0 Å². The van der Waals surface area contributed by atoms with Crippen molar-refractivity contribution in [2.24, 2.45) is 0 Å². The Morgan fingerprint density at radius 2 is 1.72 bits per heavy atom. The van der Waals surface area contributed by atoms with Gasteiger partial charge in [-0.15, -0.1) is 0 Å². The Morgan fingerprint density at radius 1 is 0.846 bits per heavy atom. The number of benzene rings is 2. The van der Waals surface area contributed by atoms with Crippen LogP contribution in [0.5, 0.6) is 5.75 Å². The number of pyridine rings is 1. The number of likely N-dealkylation sites (tertiary alicyclic amines) is 1. The van der Waals surface area contributed by atoms with Crippen molar-refractivity contribution in [1.29, 1.82) is 0 Å². The van der Waals surface area contributed by atoms with Crippen LogP contribution in [0.15, 0.2) is 60.9 Å². The first kappa shape index (κ1) is 24.2. The number of likely N-dealkylation sites (N-methyl/N-ethyl adjacent to an activating group) is 1. The quantitative estimate of drug-likeness (QED) is 0.314. The number of H-pyrrole nitrogens is 2. The van der Waals surface area contributed by atoms with E-state index in [-0.39, 0.29) is 0 Å². The maximum atomic E-state index is 6.06. The zero-order valence-corrected chi connectivity index (χ0v) is 22.5. The van der Waals surface area contributed by atoms with Gasteiger partial charge in [-0.25, -0.2) is 0 Å². The number of piperazine rings is 1. The molecule has 2 saturated heterocycles. The zero-order chi connectivity index (χ0) is 26.2. The van der Waals surface area contributed by atoms with E-state index >= 15 is 0 Å². The van der Waals surface area contributed by atoms with Crippen LogP contribution in [0.1, 0.15) is 12.8 Å². The van der Waals surface area contributed by atoms with Gasteiger partial charge in [0.05, 0.1) is 17.4 Å². The number of anilines is 1. The number of nitrogens with zero attached hydrogens (tertiary/aromatic N) is 5. The monoisotopic (exact) mass is 521 g/mol. The SMILES string of the molecule is CN1CCN(c2cccc3[nH]c(-c4n[nH]c5ccc(-c6cncc(OCCN7CCCC7)c6)cc45)cc23)CC1. The number of aromatic nitrogens is 4. The first-order valence-electron chi connectivity index (χ1n) is 14.1. The molecule has 7 rings (SSSR count). The molecule has 3 aromatic heterocycles. The van der Waals surface area contributed by atoms with E-state index in [9.17, 15) is 0 Å². The van der Waals surface area contributed by atoms with Crippen molar-refractivity contribution in [3.63, 3.8) is 0 Å². The molecule has 5 heterocycles. The fourth-order valence-corrected chi connectivity index (χ4v) is 5.94. The summed E-state index contributed by atoms with van der Waals surface area (Å²) in [4.78, 5) is 15.5. The fraction of sp³-hybridized carbons (Fsp3) is 0.355. The lowest BCUT2D eigenvalue weighted by molar-refractivity contribution is 0.237. The second-order valence-corrected chi connectivity index (χ2v) is 10.9. The second-order valence-electron chi connectivity index (χ2n) is 10.9. The second kappa shape index (κ2) is 10.4. The average Bonchev–Trinajstić information content (AvgIpc) is 3.73. The highest BCUT2D eigenvalue weighted by Crippen LogP contribution is 2.35. The maximum absolute atomic E-state index is 6.06. The Balaban J connectivity index is 1.17. The number of ether oxygens (including phenoxy) is 1. The molecule has 8 nitrogen and oxygen atoms in total. The number of rotatable bonds is 7. The Kier molecular flexibility index (Phi) is 6.42. The summed E-state index contributed by atoms with van der Waals surface area (Å²) < 4.78 is 6.06. The summed E-state index contributed by atoms with van der Waals surface area (Å²) in [5.41, 5.74) is 7.52. The molecule has 2 aliphatic heterocycles. The number of fused-ring (bicyclic) bond motifs is 2. The molecule has 2 aromatic carbocycles. The summed E-state index contributed by atoms with van der Waals surface area (Å²) in [7, 11) is 2.19. The third-order valence-corrected chi connectivity index (χ3v) is 8.22. The molecule has 5 aromatic rings. The molecule has 39 heavy (non-hydrogen) atoms. The highest BCUT2D eigenvalue weighted by Gasteiger charge is 2.19. The van der Waals surface area contributed by atoms with Crippen LogP contribution >= 0.6 is 0 Å². The van der Waals surface area contributed by atoms with Crippen molar-refractivity contribution in [3.05, 3.63) is 60.9 Å². The van der Waals surface area contributed by atoms with Crippen LogP contribution in [0.3, 0.4) is 0 Å². The van der Waals surface area contributed by atoms with E-state index in [1.165, 1.54) is 37.0 Å². The lowest BCUT2D eigenvalue weighted by Crippen LogP contribution is -2.44. The van der Waals surface area contributed by atoms with E-state index < -0.39 is 0 Å². The minimum atomic E-state index is 0.687. The van der Waals surface area contributed by atoms with Crippen LogP contribution in [0.2, 0.25) is 0 Å². The topological polar surface area (TPSA) is 76.3 Å². The number of hydrogen-bond donors (Lipinski definition) is 2. The lowest BCUT2D eigenvalue weighted by atomic mass is 10.0. The summed E-state index contributed by atoms with van der Waals surface area (Å²) in [5.74, 6) is 0.811. The van der Waals surface area contributed by atoms with Gasteiger partial charge in [-0.1, -0.05) is 12.1 Å². The van der Waals surface area contributed by atoms with Crippen molar-refractivity contribution >= 4 is 27.5 Å². The fourth-order valence-electron chi connectivity index (χ4n) is 5.94. The molecule has 0 unspecified atom stereocenters. The third kappa shape index (κ3) is 4.86. The Labute approximate surface area is 228 Å². The van der Waals surface area contributed by atoms with Crippen LogP contribution in [-0.4, -0.2) is 89.4 Å². The normalized spacial score (nSPS) is 17.0. The zero-order valence-electron chi connectivity index (χ0n) is 22.5. The van der Waals surface area contributed by atoms with Crippen molar-refractivity contribution in [3.8, 4) is 28.3 Å². The van der Waals surface area contributed by atoms with Crippen molar-refractivity contribution in [1.82, 2.24) is 30.0 Å². The number of aromatic amines is 2. The summed E-state index contributed by atoms with van der Waals surface area (Å²) in [6, 6.07) is 17.3. The highest BCUT2D eigenvalue weighted by atomic mass is 16.5. The van der Waals surface area contributed by atoms with Gasteiger partial charge < -0.3 is 19.5 Å². The predicted molar refractivity (Wildman–Crippen MR) is 157 cm³/mol. The average molecular weight is 522 g/mol. The summed E-state index contributed by atoms with van der Waals surface area (Å²) in [6.07, 6.45) is 6.30. The van der Waals surface area contributed by atoms with Crippen LogP contribution in [-0.2, 0) is 0 Å². The lowest BCUT2D eigenvalue weighted by Gasteiger charge is -2.34. The smallest absolute Gasteiger partial charge is 0.138 e. The molecule has 0 amide bonds. The molecule has 8 heteroatoms. The van der Waals surface area contributed by atoms with E-state index in [1.54, 1.807) is 6.20 Å². The molecule has 2 N–H and O–H groups in total. The molecule has 0 atom stereocenters. The molecule has 0 saturated carbocycles. The Hall–Kier alpha value is -3.88. The summed E-state index contributed by atoms with van der Waals surface area (Å²) >= 11 is 0. The van der Waals surface area contributed by atoms with Crippen LogP contribution in [0.4, 0.5) is 5.69 Å². The molecular weight excluding hydrogens is 486 g/mol. The minimum absolute atomic E-state index is 0.687. The first-order valence-corrected chi connectivity index (χ1v) is 14.1. The van der Waals surface area contributed by atoms with Crippen LogP contribution < -0.4 is 9.64 Å². The minimum Gasteiger partial charge on any atom is -0.491 e. The van der Waals surface area contributed by atoms with Gasteiger partial charge in [-0.2, -0.15) is 5.10 Å². The van der Waals surface area contributed by atoms with Crippen molar-refractivity contribution < 1.29 is 4.74 Å². The van der Waals surface area contributed by atoms with Crippen molar-refractivity contribution in [2.75, 3.05) is 64.4 Å². The molecule has 2 fully saturated rings. The van der Waals surface area contributed by atoms with E-state index in [0.29, 0.717) is 6.61 Å². The summed E-state index contributed by atoms with van der Waals surface area (Å²) in [6.45, 7) is 8.27. The van der Waals surface area contributed by atoms with Gasteiger partial charge in [0.15, 0.2) is 0 Å².